The van der Waals surface area contributed by atoms with Crippen LogP contribution in [0.1, 0.15) is 33.6 Å². The van der Waals surface area contributed by atoms with Crippen LogP contribution in [-0.2, 0) is 38.6 Å². The van der Waals surface area contributed by atoms with Gasteiger partial charge in [0.1, 0.15) is 23.3 Å². The Morgan fingerprint density at radius 3 is 2.24 bits per heavy atom. The van der Waals surface area contributed by atoms with Crippen LogP contribution in [0.25, 0.3) is 0 Å². The molecule has 1 aromatic carbocycles. The number of nitrogens with one attached hydrogen (secondary N) is 3. The van der Waals surface area contributed by atoms with E-state index in [0.717, 1.165) is 12.1 Å². The van der Waals surface area contributed by atoms with Crippen molar-refractivity contribution in [3.05, 3.63) is 40.7 Å². The van der Waals surface area contributed by atoms with Crippen LogP contribution in [0.5, 0.6) is 0 Å². The lowest BCUT2D eigenvalue weighted by atomic mass is 9.94. The molecule has 1 aromatic rings. The summed E-state index contributed by atoms with van der Waals surface area (Å²) in [7, 11) is -4.25. The predicted molar refractivity (Wildman–Crippen MR) is 132 cm³/mol. The minimum Gasteiger partial charge on any atom is -0.463 e. The normalized spacial score (nSPS) is 22.7. The van der Waals surface area contributed by atoms with Gasteiger partial charge in [0.15, 0.2) is 5.79 Å². The van der Waals surface area contributed by atoms with Gasteiger partial charge in [0.2, 0.25) is 21.8 Å². The number of amides is 2. The van der Waals surface area contributed by atoms with Gasteiger partial charge in [0, 0.05) is 33.4 Å². The molecule has 1 aliphatic heterocycles. The highest BCUT2D eigenvalue weighted by Crippen LogP contribution is 2.41. The van der Waals surface area contributed by atoms with Crippen LogP contribution in [-0.4, -0.2) is 69.1 Å². The SMILES string of the molecule is CCOC(=O)C1=CC2(CCC1S(=O)(=O)Nc1ccc(F)cc1Cl)O[C@@H](CNC(C)=O)[C@H](CNC(C)=O)O2. The third-order valence-corrected chi connectivity index (χ3v) is 7.82. The molecular weight excluding hydrogens is 533 g/mol. The standard InChI is InChI=1S/C23H29ClFN3O8S/c1-4-34-22(31)16-10-23(35-19(11-26-13(2)29)20(36-23)12-27-14(3)30)8-7-21(16)37(32,33)28-18-6-5-15(25)9-17(18)24/h5-6,9-10,19-21,28H,4,7-8,11-12H2,1-3H3,(H,26,29)(H,27,30)/t19-,20-,21?/m0/s1. The molecule has 204 valence electrons. The molecule has 37 heavy (non-hydrogen) atoms. The fourth-order valence-corrected chi connectivity index (χ4v) is 5.95. The Labute approximate surface area is 219 Å². The van der Waals surface area contributed by atoms with Crippen LogP contribution in [0.15, 0.2) is 29.8 Å². The van der Waals surface area contributed by atoms with Gasteiger partial charge in [-0.2, -0.15) is 0 Å². The molecule has 0 radical (unpaired) electrons. The van der Waals surface area contributed by atoms with Crippen molar-refractivity contribution >= 4 is 45.1 Å². The number of halogens is 2. The lowest BCUT2D eigenvalue weighted by Gasteiger charge is -2.33. The van der Waals surface area contributed by atoms with Crippen LogP contribution >= 0.6 is 11.6 Å². The van der Waals surface area contributed by atoms with Crippen molar-refractivity contribution in [3.8, 4) is 0 Å². The molecule has 2 amide bonds. The maximum Gasteiger partial charge on any atom is 0.335 e. The molecule has 0 bridgehead atoms. The maximum absolute atomic E-state index is 13.4. The van der Waals surface area contributed by atoms with Gasteiger partial charge in [-0.15, -0.1) is 0 Å². The van der Waals surface area contributed by atoms with Gasteiger partial charge in [0.25, 0.3) is 0 Å². The van der Waals surface area contributed by atoms with Crippen LogP contribution in [0, 0.1) is 5.82 Å². The van der Waals surface area contributed by atoms with Crippen molar-refractivity contribution in [2.75, 3.05) is 24.4 Å². The van der Waals surface area contributed by atoms with E-state index in [1.807, 2.05) is 0 Å². The highest BCUT2D eigenvalue weighted by Gasteiger charge is 2.51. The van der Waals surface area contributed by atoms with Crippen LogP contribution in [0.2, 0.25) is 5.02 Å². The first kappa shape index (κ1) is 28.8. The topological polar surface area (TPSA) is 149 Å². The smallest absolute Gasteiger partial charge is 0.335 e. The highest BCUT2D eigenvalue weighted by molar-refractivity contribution is 7.93. The van der Waals surface area contributed by atoms with Gasteiger partial charge >= 0.3 is 5.97 Å². The van der Waals surface area contributed by atoms with Gasteiger partial charge in [-0.25, -0.2) is 17.6 Å². The summed E-state index contributed by atoms with van der Waals surface area (Å²) in [6.45, 7) is 4.37. The van der Waals surface area contributed by atoms with Gasteiger partial charge < -0.3 is 24.8 Å². The lowest BCUT2D eigenvalue weighted by Crippen LogP contribution is -2.43. The fraction of sp³-hybridized carbons (Fsp3) is 0.522. The molecule has 1 fully saturated rings. The number of rotatable bonds is 9. The molecule has 0 saturated carbocycles. The van der Waals surface area contributed by atoms with Crippen molar-refractivity contribution in [1.82, 2.24) is 10.6 Å². The number of carbonyl (C=O) groups excluding carboxylic acids is 3. The quantitative estimate of drug-likeness (QED) is 0.385. The molecule has 3 N–H and O–H groups in total. The first-order valence-electron chi connectivity index (χ1n) is 11.6. The second-order valence-electron chi connectivity index (χ2n) is 8.62. The van der Waals surface area contributed by atoms with E-state index in [-0.39, 0.29) is 60.6 Å². The fourth-order valence-electron chi connectivity index (χ4n) is 4.13. The van der Waals surface area contributed by atoms with Crippen molar-refractivity contribution in [1.29, 1.82) is 0 Å². The zero-order valence-corrected chi connectivity index (χ0v) is 22.1. The monoisotopic (exact) mass is 561 g/mol. The molecule has 2 aliphatic rings. The number of hydrogen-bond donors (Lipinski definition) is 3. The zero-order valence-electron chi connectivity index (χ0n) is 20.5. The molecular formula is C23H29ClFN3O8S. The van der Waals surface area contributed by atoms with Gasteiger partial charge in [-0.3, -0.25) is 14.3 Å². The molecule has 14 heteroatoms. The summed E-state index contributed by atoms with van der Waals surface area (Å²) in [5, 5.41) is 3.77. The van der Waals surface area contributed by atoms with Gasteiger partial charge in [-0.1, -0.05) is 11.6 Å². The zero-order chi connectivity index (χ0) is 27.4. The maximum atomic E-state index is 13.4. The summed E-state index contributed by atoms with van der Waals surface area (Å²) in [6.07, 6.45) is -0.178. The van der Waals surface area contributed by atoms with Crippen LogP contribution < -0.4 is 15.4 Å². The average molecular weight is 562 g/mol. The molecule has 3 atom stereocenters. The summed E-state index contributed by atoms with van der Waals surface area (Å²) in [4.78, 5) is 35.8. The van der Waals surface area contributed by atoms with Gasteiger partial charge in [0.05, 0.1) is 22.9 Å². The number of benzene rings is 1. The Morgan fingerprint density at radius 2 is 1.73 bits per heavy atom. The molecule has 1 saturated heterocycles. The number of hydrogen-bond acceptors (Lipinski definition) is 8. The third kappa shape index (κ3) is 7.18. The second kappa shape index (κ2) is 11.8. The van der Waals surface area contributed by atoms with Gasteiger partial charge in [-0.05, 0) is 37.6 Å². The van der Waals surface area contributed by atoms with E-state index in [4.69, 9.17) is 25.8 Å². The summed E-state index contributed by atoms with van der Waals surface area (Å²) in [5.74, 6) is -3.61. The summed E-state index contributed by atoms with van der Waals surface area (Å²) in [5.41, 5.74) is -0.261. The largest absolute Gasteiger partial charge is 0.463 e. The molecule has 11 nitrogen and oxygen atoms in total. The second-order valence-corrected chi connectivity index (χ2v) is 10.9. The van der Waals surface area contributed by atoms with E-state index in [1.165, 1.54) is 26.0 Å². The summed E-state index contributed by atoms with van der Waals surface area (Å²) in [6, 6.07) is 3.18. The molecule has 1 heterocycles. The summed E-state index contributed by atoms with van der Waals surface area (Å²) < 4.78 is 59.7. The van der Waals surface area contributed by atoms with Crippen molar-refractivity contribution in [2.45, 2.75) is 56.9 Å². The molecule has 1 spiro atoms. The minimum absolute atomic E-state index is 0.00874. The Morgan fingerprint density at radius 1 is 1.14 bits per heavy atom. The van der Waals surface area contributed by atoms with E-state index >= 15 is 0 Å². The van der Waals surface area contributed by atoms with E-state index in [0.29, 0.717) is 0 Å². The predicted octanol–water partition coefficient (Wildman–Crippen LogP) is 1.63. The number of sulfonamides is 1. The van der Waals surface area contributed by atoms with E-state index in [1.54, 1.807) is 6.92 Å². The summed E-state index contributed by atoms with van der Waals surface area (Å²) >= 11 is 5.98. The Kier molecular flexibility index (Phi) is 9.16. The Bertz CT molecular complexity index is 1170. The molecule has 1 aliphatic carbocycles. The molecule has 1 unspecified atom stereocenters. The Hall–Kier alpha value is -2.74. The van der Waals surface area contributed by atoms with E-state index < -0.39 is 45.1 Å². The first-order chi connectivity index (χ1) is 17.4. The third-order valence-electron chi connectivity index (χ3n) is 5.77. The minimum atomic E-state index is -4.25. The van der Waals surface area contributed by atoms with E-state index in [2.05, 4.69) is 15.4 Å². The average Bonchev–Trinajstić information content (AvgIpc) is 3.14. The lowest BCUT2D eigenvalue weighted by molar-refractivity contribution is -0.151. The number of anilines is 1. The highest BCUT2D eigenvalue weighted by atomic mass is 35.5. The number of esters is 1. The van der Waals surface area contributed by atoms with Crippen molar-refractivity contribution in [2.24, 2.45) is 0 Å². The van der Waals surface area contributed by atoms with Crippen LogP contribution in [0.3, 0.4) is 0 Å². The van der Waals surface area contributed by atoms with Crippen molar-refractivity contribution in [3.63, 3.8) is 0 Å². The Balaban J connectivity index is 1.93. The molecule has 3 rings (SSSR count). The number of ether oxygens (including phenoxy) is 3. The van der Waals surface area contributed by atoms with E-state index in [9.17, 15) is 27.2 Å². The van der Waals surface area contributed by atoms with Crippen LogP contribution in [0.4, 0.5) is 10.1 Å². The number of carbonyl (C=O) groups is 3. The molecule has 0 aromatic heterocycles. The first-order valence-corrected chi connectivity index (χ1v) is 13.5. The van der Waals surface area contributed by atoms with Crippen molar-refractivity contribution < 1.29 is 41.4 Å².